The van der Waals surface area contributed by atoms with Crippen LogP contribution in [0.5, 0.6) is 0 Å². The fraction of sp³-hybridized carbons (Fsp3) is 0.444. The highest BCUT2D eigenvalue weighted by Gasteiger charge is 2.27. The highest BCUT2D eigenvalue weighted by Crippen LogP contribution is 2.28. The van der Waals surface area contributed by atoms with E-state index in [2.05, 4.69) is 10.2 Å². The van der Waals surface area contributed by atoms with Gasteiger partial charge >= 0.3 is 5.97 Å². The number of carboxylic acids is 1. The summed E-state index contributed by atoms with van der Waals surface area (Å²) in [6.07, 6.45) is 2.36. The van der Waals surface area contributed by atoms with Crippen LogP contribution in [0.1, 0.15) is 23.3 Å². The Balaban J connectivity index is 2.16. The summed E-state index contributed by atoms with van der Waals surface area (Å²) in [5.74, 6) is -0.310. The fourth-order valence-electron chi connectivity index (χ4n) is 1.28. The van der Waals surface area contributed by atoms with E-state index in [9.17, 15) is 4.79 Å². The van der Waals surface area contributed by atoms with Crippen molar-refractivity contribution in [2.75, 3.05) is 11.9 Å². The van der Waals surface area contributed by atoms with E-state index >= 15 is 0 Å². The first-order chi connectivity index (χ1) is 6.68. The molecule has 5 heteroatoms. The van der Waals surface area contributed by atoms with Gasteiger partial charge < -0.3 is 10.0 Å². The Morgan fingerprint density at radius 3 is 2.64 bits per heavy atom. The Morgan fingerprint density at radius 1 is 1.50 bits per heavy atom. The number of nitrogens with zero attached hydrogens (tertiary/aromatic N) is 3. The van der Waals surface area contributed by atoms with Gasteiger partial charge in [-0.3, -0.25) is 0 Å². The molecule has 14 heavy (non-hydrogen) atoms. The SMILES string of the molecule is CN(c1ccc(C(=O)O)nn1)C1CC1. The Kier molecular flexibility index (Phi) is 2.07. The molecule has 0 aromatic carbocycles. The number of aromatic carboxylic acids is 1. The molecule has 5 nitrogen and oxygen atoms in total. The first-order valence-electron chi connectivity index (χ1n) is 4.48. The van der Waals surface area contributed by atoms with Gasteiger partial charge in [-0.1, -0.05) is 0 Å². The largest absolute Gasteiger partial charge is 0.476 e. The highest BCUT2D eigenvalue weighted by molar-refractivity contribution is 5.85. The molecular weight excluding hydrogens is 182 g/mol. The standard InChI is InChI=1S/C9H11N3O2/c1-12(6-2-3-6)8-5-4-7(9(13)14)10-11-8/h4-6H,2-3H2,1H3,(H,13,14). The van der Waals surface area contributed by atoms with E-state index < -0.39 is 5.97 Å². The number of carbonyl (C=O) groups is 1. The summed E-state index contributed by atoms with van der Waals surface area (Å²) in [6, 6.07) is 3.72. The third-order valence-electron chi connectivity index (χ3n) is 2.33. The van der Waals surface area contributed by atoms with Crippen molar-refractivity contribution in [2.45, 2.75) is 18.9 Å². The molecule has 0 spiro atoms. The molecular formula is C9H11N3O2. The summed E-state index contributed by atoms with van der Waals surface area (Å²) < 4.78 is 0. The Bertz CT molecular complexity index is 346. The minimum absolute atomic E-state index is 0.0158. The maximum atomic E-state index is 10.5. The normalized spacial score (nSPS) is 15.2. The lowest BCUT2D eigenvalue weighted by molar-refractivity contribution is 0.0689. The van der Waals surface area contributed by atoms with Crippen LogP contribution >= 0.6 is 0 Å². The van der Waals surface area contributed by atoms with Gasteiger partial charge in [0, 0.05) is 13.1 Å². The molecule has 1 saturated carbocycles. The lowest BCUT2D eigenvalue weighted by atomic mass is 10.4. The molecule has 74 valence electrons. The topological polar surface area (TPSA) is 66.3 Å². The van der Waals surface area contributed by atoms with Crippen LogP contribution in [0.2, 0.25) is 0 Å². The predicted molar refractivity (Wildman–Crippen MR) is 50.4 cm³/mol. The third kappa shape index (κ3) is 1.66. The first kappa shape index (κ1) is 8.93. The number of hydrogen-bond acceptors (Lipinski definition) is 4. The van der Waals surface area contributed by atoms with Crippen molar-refractivity contribution in [3.8, 4) is 0 Å². The van der Waals surface area contributed by atoms with Crippen LogP contribution in [0.15, 0.2) is 12.1 Å². The molecule has 0 aliphatic heterocycles. The summed E-state index contributed by atoms with van der Waals surface area (Å²) in [7, 11) is 1.95. The molecule has 0 radical (unpaired) electrons. The van der Waals surface area contributed by atoms with Crippen LogP contribution in [0, 0.1) is 0 Å². The van der Waals surface area contributed by atoms with Crippen molar-refractivity contribution in [3.05, 3.63) is 17.8 Å². The van der Waals surface area contributed by atoms with Crippen LogP contribution in [0.4, 0.5) is 5.82 Å². The van der Waals surface area contributed by atoms with E-state index in [1.165, 1.54) is 18.9 Å². The fourth-order valence-corrected chi connectivity index (χ4v) is 1.28. The molecule has 1 aromatic rings. The average Bonchev–Trinajstić information content (AvgIpc) is 3.00. The summed E-state index contributed by atoms with van der Waals surface area (Å²) in [5.41, 5.74) is -0.0158. The van der Waals surface area contributed by atoms with Gasteiger partial charge in [-0.2, -0.15) is 0 Å². The van der Waals surface area contributed by atoms with Gasteiger partial charge in [0.15, 0.2) is 11.5 Å². The zero-order valence-corrected chi connectivity index (χ0v) is 7.84. The average molecular weight is 193 g/mol. The number of hydrogen-bond donors (Lipinski definition) is 1. The lowest BCUT2D eigenvalue weighted by Crippen LogP contribution is -2.21. The Hall–Kier alpha value is -1.65. The van der Waals surface area contributed by atoms with Crippen molar-refractivity contribution >= 4 is 11.8 Å². The molecule has 0 amide bonds. The van der Waals surface area contributed by atoms with E-state index in [4.69, 9.17) is 5.11 Å². The van der Waals surface area contributed by atoms with Crippen LogP contribution in [0.3, 0.4) is 0 Å². The molecule has 0 atom stereocenters. The summed E-state index contributed by atoms with van der Waals surface area (Å²) >= 11 is 0. The quantitative estimate of drug-likeness (QED) is 0.768. The van der Waals surface area contributed by atoms with Crippen LogP contribution < -0.4 is 4.90 Å². The maximum Gasteiger partial charge on any atom is 0.356 e. The third-order valence-corrected chi connectivity index (χ3v) is 2.33. The van der Waals surface area contributed by atoms with Gasteiger partial charge in [0.1, 0.15) is 0 Å². The summed E-state index contributed by atoms with van der Waals surface area (Å²) in [4.78, 5) is 12.5. The molecule has 0 bridgehead atoms. The minimum Gasteiger partial charge on any atom is -0.476 e. The second kappa shape index (κ2) is 3.25. The molecule has 1 aromatic heterocycles. The second-order valence-electron chi connectivity index (χ2n) is 3.42. The number of rotatable bonds is 3. The highest BCUT2D eigenvalue weighted by atomic mass is 16.4. The smallest absolute Gasteiger partial charge is 0.356 e. The van der Waals surface area contributed by atoms with Crippen molar-refractivity contribution in [1.29, 1.82) is 0 Å². The van der Waals surface area contributed by atoms with Gasteiger partial charge in [-0.05, 0) is 25.0 Å². The molecule has 1 fully saturated rings. The summed E-state index contributed by atoms with van der Waals surface area (Å²) in [6.45, 7) is 0. The zero-order valence-electron chi connectivity index (χ0n) is 7.84. The van der Waals surface area contributed by atoms with Crippen molar-refractivity contribution in [3.63, 3.8) is 0 Å². The van der Waals surface area contributed by atoms with E-state index in [1.54, 1.807) is 6.07 Å². The second-order valence-corrected chi connectivity index (χ2v) is 3.42. The molecule has 1 aliphatic carbocycles. The molecule has 1 aliphatic rings. The van der Waals surface area contributed by atoms with Crippen molar-refractivity contribution in [1.82, 2.24) is 10.2 Å². The van der Waals surface area contributed by atoms with E-state index in [-0.39, 0.29) is 5.69 Å². The van der Waals surface area contributed by atoms with Gasteiger partial charge in [-0.15, -0.1) is 10.2 Å². The Morgan fingerprint density at radius 2 is 2.21 bits per heavy atom. The van der Waals surface area contributed by atoms with Crippen LogP contribution in [0.25, 0.3) is 0 Å². The number of carboxylic acid groups (broad SMARTS) is 1. The van der Waals surface area contributed by atoms with E-state index in [0.29, 0.717) is 6.04 Å². The van der Waals surface area contributed by atoms with Gasteiger partial charge in [-0.25, -0.2) is 4.79 Å². The first-order valence-corrected chi connectivity index (χ1v) is 4.48. The molecule has 0 unspecified atom stereocenters. The van der Waals surface area contributed by atoms with Crippen molar-refractivity contribution in [2.24, 2.45) is 0 Å². The zero-order chi connectivity index (χ0) is 10.1. The Labute approximate surface area is 81.4 Å². The van der Waals surface area contributed by atoms with Gasteiger partial charge in [0.25, 0.3) is 0 Å². The predicted octanol–water partition coefficient (Wildman–Crippen LogP) is 0.773. The van der Waals surface area contributed by atoms with E-state index in [0.717, 1.165) is 5.82 Å². The van der Waals surface area contributed by atoms with Crippen molar-refractivity contribution < 1.29 is 9.90 Å². The number of aromatic nitrogens is 2. The van der Waals surface area contributed by atoms with Crippen LogP contribution in [-0.4, -0.2) is 34.4 Å². The van der Waals surface area contributed by atoms with Gasteiger partial charge in [0.2, 0.25) is 0 Å². The van der Waals surface area contributed by atoms with E-state index in [1.807, 2.05) is 11.9 Å². The van der Waals surface area contributed by atoms with Gasteiger partial charge in [0.05, 0.1) is 0 Å². The maximum absolute atomic E-state index is 10.5. The molecule has 1 N–H and O–H groups in total. The molecule has 1 heterocycles. The molecule has 0 saturated heterocycles. The lowest BCUT2D eigenvalue weighted by Gasteiger charge is -2.15. The minimum atomic E-state index is -1.04. The summed E-state index contributed by atoms with van der Waals surface area (Å²) in [5, 5.41) is 16.1. The monoisotopic (exact) mass is 193 g/mol. The number of anilines is 1. The molecule has 2 rings (SSSR count). The van der Waals surface area contributed by atoms with Crippen LogP contribution in [-0.2, 0) is 0 Å².